The van der Waals surface area contributed by atoms with Gasteiger partial charge >= 0.3 is 0 Å². The van der Waals surface area contributed by atoms with E-state index in [1.165, 1.54) is 11.3 Å². The molecule has 0 bridgehead atoms. The second kappa shape index (κ2) is 7.33. The number of nitrogens with one attached hydrogen (secondary N) is 2. The molecule has 2 aromatic heterocycles. The monoisotopic (exact) mass is 317 g/mol. The van der Waals surface area contributed by atoms with Crippen LogP contribution in [0.5, 0.6) is 0 Å². The van der Waals surface area contributed by atoms with Crippen molar-refractivity contribution in [1.29, 1.82) is 0 Å². The quantitative estimate of drug-likeness (QED) is 0.852. The van der Waals surface area contributed by atoms with Gasteiger partial charge in [0.15, 0.2) is 5.13 Å². The van der Waals surface area contributed by atoms with Gasteiger partial charge in [0.05, 0.1) is 6.54 Å². The normalized spacial score (nSPS) is 18.3. The molecule has 1 aliphatic heterocycles. The summed E-state index contributed by atoms with van der Waals surface area (Å²) in [4.78, 5) is 22.4. The first-order chi connectivity index (χ1) is 10.8. The van der Waals surface area contributed by atoms with Crippen molar-refractivity contribution in [3.8, 4) is 0 Å². The summed E-state index contributed by atoms with van der Waals surface area (Å²) in [7, 11) is 0. The molecule has 2 aromatic rings. The number of likely N-dealkylation sites (tertiary alicyclic amines) is 1. The van der Waals surface area contributed by atoms with Crippen LogP contribution in [0.3, 0.4) is 0 Å². The largest absolute Gasteiger partial charge is 0.370 e. The number of carbonyl (C=O) groups is 1. The molecule has 6 nitrogen and oxygen atoms in total. The van der Waals surface area contributed by atoms with E-state index in [0.717, 1.165) is 31.9 Å². The zero-order valence-corrected chi connectivity index (χ0v) is 13.1. The van der Waals surface area contributed by atoms with Crippen LogP contribution in [-0.4, -0.2) is 47.0 Å². The van der Waals surface area contributed by atoms with Gasteiger partial charge < -0.3 is 10.6 Å². The van der Waals surface area contributed by atoms with Crippen molar-refractivity contribution >= 4 is 28.2 Å². The van der Waals surface area contributed by atoms with Crippen LogP contribution in [0.15, 0.2) is 36.0 Å². The van der Waals surface area contributed by atoms with Crippen LogP contribution in [0.25, 0.3) is 0 Å². The third-order valence-electron chi connectivity index (χ3n) is 3.65. The Morgan fingerprint density at radius 3 is 3.09 bits per heavy atom. The molecule has 1 saturated heterocycles. The first kappa shape index (κ1) is 14.9. The second-order valence-corrected chi connectivity index (χ2v) is 6.27. The van der Waals surface area contributed by atoms with E-state index in [2.05, 4.69) is 25.5 Å². The molecular formula is C15H19N5OS. The molecule has 3 rings (SSSR count). The molecule has 0 aromatic carbocycles. The van der Waals surface area contributed by atoms with Gasteiger partial charge in [0.2, 0.25) is 5.91 Å². The predicted octanol–water partition coefficient (Wildman–Crippen LogP) is 1.91. The van der Waals surface area contributed by atoms with Gasteiger partial charge in [-0.1, -0.05) is 6.07 Å². The number of carbonyl (C=O) groups excluding carboxylic acids is 1. The van der Waals surface area contributed by atoms with Crippen molar-refractivity contribution in [1.82, 2.24) is 14.9 Å². The SMILES string of the molecule is O=C(CN1CC[C@H](CNc2ccccn2)C1)Nc1nccs1. The summed E-state index contributed by atoms with van der Waals surface area (Å²) in [6, 6.07) is 5.84. The van der Waals surface area contributed by atoms with Crippen LogP contribution in [-0.2, 0) is 4.79 Å². The van der Waals surface area contributed by atoms with Crippen LogP contribution in [0, 0.1) is 5.92 Å². The van der Waals surface area contributed by atoms with E-state index in [4.69, 9.17) is 0 Å². The molecule has 0 radical (unpaired) electrons. The predicted molar refractivity (Wildman–Crippen MR) is 88.0 cm³/mol. The Balaban J connectivity index is 1.39. The van der Waals surface area contributed by atoms with Crippen molar-refractivity contribution in [2.75, 3.05) is 36.8 Å². The molecule has 0 aliphatic carbocycles. The van der Waals surface area contributed by atoms with E-state index in [-0.39, 0.29) is 5.91 Å². The van der Waals surface area contributed by atoms with Gasteiger partial charge in [0.25, 0.3) is 0 Å². The molecule has 1 atom stereocenters. The lowest BCUT2D eigenvalue weighted by Gasteiger charge is -2.15. The maximum atomic E-state index is 11.9. The lowest BCUT2D eigenvalue weighted by molar-refractivity contribution is -0.117. The van der Waals surface area contributed by atoms with Gasteiger partial charge in [-0.15, -0.1) is 11.3 Å². The van der Waals surface area contributed by atoms with Crippen molar-refractivity contribution in [2.24, 2.45) is 5.92 Å². The molecule has 7 heteroatoms. The third-order valence-corrected chi connectivity index (χ3v) is 4.34. The third kappa shape index (κ3) is 4.25. The summed E-state index contributed by atoms with van der Waals surface area (Å²) >= 11 is 1.44. The molecule has 0 spiro atoms. The lowest BCUT2D eigenvalue weighted by Crippen LogP contribution is -2.32. The fraction of sp³-hybridized carbons (Fsp3) is 0.400. The van der Waals surface area contributed by atoms with Gasteiger partial charge in [0, 0.05) is 30.9 Å². The van der Waals surface area contributed by atoms with Gasteiger partial charge in [-0.05, 0) is 31.0 Å². The molecular weight excluding hydrogens is 298 g/mol. The minimum atomic E-state index is 0.00767. The molecule has 1 amide bonds. The zero-order chi connectivity index (χ0) is 15.2. The standard InChI is InChI=1S/C15H19N5OS/c21-14(19-15-17-6-8-22-15)11-20-7-4-12(10-20)9-18-13-3-1-2-5-16-13/h1-3,5-6,8,12H,4,7,9-11H2,(H,16,18)(H,17,19,21)/t12-/m1/s1. The summed E-state index contributed by atoms with van der Waals surface area (Å²) in [5.74, 6) is 1.46. The Morgan fingerprint density at radius 2 is 2.32 bits per heavy atom. The van der Waals surface area contributed by atoms with Crippen molar-refractivity contribution in [3.05, 3.63) is 36.0 Å². The average Bonchev–Trinajstić information content (AvgIpc) is 3.18. The summed E-state index contributed by atoms with van der Waals surface area (Å²) in [6.07, 6.45) is 4.58. The van der Waals surface area contributed by atoms with Crippen LogP contribution >= 0.6 is 11.3 Å². The number of aromatic nitrogens is 2. The van der Waals surface area contributed by atoms with Crippen LogP contribution in [0.1, 0.15) is 6.42 Å². The fourth-order valence-corrected chi connectivity index (χ4v) is 3.13. The minimum absolute atomic E-state index is 0.00767. The van der Waals surface area contributed by atoms with Crippen molar-refractivity contribution in [3.63, 3.8) is 0 Å². The number of hydrogen-bond acceptors (Lipinski definition) is 6. The minimum Gasteiger partial charge on any atom is -0.370 e. The second-order valence-electron chi connectivity index (χ2n) is 5.37. The molecule has 3 heterocycles. The Labute approximate surface area is 133 Å². The maximum absolute atomic E-state index is 11.9. The molecule has 1 aliphatic rings. The molecule has 1 fully saturated rings. The van der Waals surface area contributed by atoms with Gasteiger partial charge in [0.1, 0.15) is 5.82 Å². The first-order valence-electron chi connectivity index (χ1n) is 7.36. The Kier molecular flexibility index (Phi) is 4.97. The zero-order valence-electron chi connectivity index (χ0n) is 12.2. The van der Waals surface area contributed by atoms with Crippen LogP contribution in [0.2, 0.25) is 0 Å². The highest BCUT2D eigenvalue weighted by Crippen LogP contribution is 2.17. The van der Waals surface area contributed by atoms with E-state index < -0.39 is 0 Å². The Hall–Kier alpha value is -1.99. The number of hydrogen-bond donors (Lipinski definition) is 2. The molecule has 0 saturated carbocycles. The molecule has 22 heavy (non-hydrogen) atoms. The van der Waals surface area contributed by atoms with Gasteiger partial charge in [-0.25, -0.2) is 9.97 Å². The summed E-state index contributed by atoms with van der Waals surface area (Å²) in [6.45, 7) is 3.21. The van der Waals surface area contributed by atoms with Crippen LogP contribution in [0.4, 0.5) is 10.9 Å². The van der Waals surface area contributed by atoms with Gasteiger partial charge in [-0.3, -0.25) is 9.69 Å². The average molecular weight is 317 g/mol. The number of thiazole rings is 1. The molecule has 2 N–H and O–H groups in total. The maximum Gasteiger partial charge on any atom is 0.240 e. The van der Waals surface area contributed by atoms with Gasteiger partial charge in [-0.2, -0.15) is 0 Å². The number of pyridine rings is 1. The number of rotatable bonds is 6. The van der Waals surface area contributed by atoms with Crippen molar-refractivity contribution < 1.29 is 4.79 Å². The van der Waals surface area contributed by atoms with Crippen molar-refractivity contribution in [2.45, 2.75) is 6.42 Å². The summed E-state index contributed by atoms with van der Waals surface area (Å²) < 4.78 is 0. The lowest BCUT2D eigenvalue weighted by atomic mass is 10.1. The number of nitrogens with zero attached hydrogens (tertiary/aromatic N) is 3. The smallest absolute Gasteiger partial charge is 0.240 e. The van der Waals surface area contributed by atoms with Crippen LogP contribution < -0.4 is 10.6 Å². The summed E-state index contributed by atoms with van der Waals surface area (Å²) in [5, 5.41) is 8.69. The Morgan fingerprint density at radius 1 is 1.36 bits per heavy atom. The highest BCUT2D eigenvalue weighted by Gasteiger charge is 2.24. The fourth-order valence-electron chi connectivity index (χ4n) is 2.59. The molecule has 0 unspecified atom stereocenters. The van der Waals surface area contributed by atoms with E-state index in [9.17, 15) is 4.79 Å². The van der Waals surface area contributed by atoms with E-state index in [1.807, 2.05) is 23.6 Å². The first-order valence-corrected chi connectivity index (χ1v) is 8.24. The highest BCUT2D eigenvalue weighted by atomic mass is 32.1. The van der Waals surface area contributed by atoms with E-state index >= 15 is 0 Å². The Bertz CT molecular complexity index is 589. The highest BCUT2D eigenvalue weighted by molar-refractivity contribution is 7.13. The number of anilines is 2. The topological polar surface area (TPSA) is 70.2 Å². The van der Waals surface area contributed by atoms with E-state index in [0.29, 0.717) is 17.6 Å². The summed E-state index contributed by atoms with van der Waals surface area (Å²) in [5.41, 5.74) is 0. The molecule has 116 valence electrons. The number of amides is 1. The van der Waals surface area contributed by atoms with E-state index in [1.54, 1.807) is 12.4 Å².